The van der Waals surface area contributed by atoms with Crippen LogP contribution in [0.15, 0.2) is 60.8 Å². The van der Waals surface area contributed by atoms with Crippen molar-refractivity contribution in [2.75, 3.05) is 19.0 Å². The van der Waals surface area contributed by atoms with E-state index in [9.17, 15) is 9.59 Å². The molecule has 28 heavy (non-hydrogen) atoms. The second-order valence-corrected chi connectivity index (χ2v) is 6.00. The van der Waals surface area contributed by atoms with Crippen molar-refractivity contribution in [1.29, 1.82) is 0 Å². The third-order valence-electron chi connectivity index (χ3n) is 4.09. The molecule has 0 spiro atoms. The van der Waals surface area contributed by atoms with Crippen LogP contribution < -0.4 is 10.1 Å². The van der Waals surface area contributed by atoms with Crippen LogP contribution in [0.5, 0.6) is 5.75 Å². The van der Waals surface area contributed by atoms with E-state index >= 15 is 0 Å². The lowest BCUT2D eigenvalue weighted by Gasteiger charge is -2.07. The first-order valence-electron chi connectivity index (χ1n) is 8.85. The number of esters is 1. The van der Waals surface area contributed by atoms with Gasteiger partial charge in [-0.15, -0.1) is 0 Å². The summed E-state index contributed by atoms with van der Waals surface area (Å²) >= 11 is 0. The molecule has 144 valence electrons. The highest BCUT2D eigenvalue weighted by molar-refractivity contribution is 5.95. The van der Waals surface area contributed by atoms with Crippen molar-refractivity contribution in [3.63, 3.8) is 0 Å². The minimum Gasteiger partial charge on any atom is -0.493 e. The molecule has 0 atom stereocenters. The molecule has 0 saturated heterocycles. The van der Waals surface area contributed by atoms with Gasteiger partial charge in [-0.25, -0.2) is 9.48 Å². The fourth-order valence-electron chi connectivity index (χ4n) is 2.58. The molecular formula is C21H21N3O4. The minimum atomic E-state index is -0.733. The summed E-state index contributed by atoms with van der Waals surface area (Å²) in [6, 6.07) is 16.8. The Morgan fingerprint density at radius 3 is 2.43 bits per heavy atom. The normalized spacial score (nSPS) is 10.4. The van der Waals surface area contributed by atoms with Crippen LogP contribution in [0.25, 0.3) is 5.69 Å². The highest BCUT2D eigenvalue weighted by Crippen LogP contribution is 2.20. The van der Waals surface area contributed by atoms with Gasteiger partial charge in [0.15, 0.2) is 12.4 Å². The van der Waals surface area contributed by atoms with Gasteiger partial charge < -0.3 is 14.8 Å². The summed E-state index contributed by atoms with van der Waals surface area (Å²) in [6.45, 7) is 1.64. The fraction of sp³-hybridized carbons (Fsp3) is 0.190. The highest BCUT2D eigenvalue weighted by Gasteiger charge is 2.21. The third-order valence-corrected chi connectivity index (χ3v) is 4.09. The number of methoxy groups -OCH3 is 1. The van der Waals surface area contributed by atoms with E-state index in [1.54, 1.807) is 6.20 Å². The maximum absolute atomic E-state index is 12.4. The molecule has 2 aromatic carbocycles. The summed E-state index contributed by atoms with van der Waals surface area (Å²) in [5.74, 6) is -0.897. The van der Waals surface area contributed by atoms with Crippen LogP contribution in [-0.4, -0.2) is 35.4 Å². The molecule has 0 aliphatic rings. The van der Waals surface area contributed by atoms with Gasteiger partial charge in [-0.2, -0.15) is 5.10 Å². The standard InChI is InChI=1S/C21H21N3O4/c1-3-15-9-11-16(12-10-15)22-19(25)14-28-21(26)20-18(27-2)13-24(23-20)17-7-5-4-6-8-17/h4-13H,3,14H2,1-2H3,(H,22,25). The van der Waals surface area contributed by atoms with E-state index in [1.807, 2.05) is 54.6 Å². The number of rotatable bonds is 7. The molecule has 0 radical (unpaired) electrons. The van der Waals surface area contributed by atoms with E-state index in [4.69, 9.17) is 9.47 Å². The fourth-order valence-corrected chi connectivity index (χ4v) is 2.58. The Balaban J connectivity index is 1.62. The number of carbonyl (C=O) groups excluding carboxylic acids is 2. The van der Waals surface area contributed by atoms with Crippen LogP contribution in [-0.2, 0) is 16.0 Å². The molecule has 1 amide bonds. The molecule has 0 bridgehead atoms. The molecule has 0 unspecified atom stereocenters. The van der Waals surface area contributed by atoms with Crippen LogP contribution >= 0.6 is 0 Å². The summed E-state index contributed by atoms with van der Waals surface area (Å²) in [4.78, 5) is 24.4. The highest BCUT2D eigenvalue weighted by atomic mass is 16.5. The quantitative estimate of drug-likeness (QED) is 0.637. The summed E-state index contributed by atoms with van der Waals surface area (Å²) in [5.41, 5.74) is 2.59. The van der Waals surface area contributed by atoms with Crippen molar-refractivity contribution < 1.29 is 19.1 Å². The molecule has 1 heterocycles. The predicted octanol–water partition coefficient (Wildman–Crippen LogP) is 3.24. The molecule has 7 heteroatoms. The van der Waals surface area contributed by atoms with E-state index in [0.29, 0.717) is 5.69 Å². The lowest BCUT2D eigenvalue weighted by Crippen LogP contribution is -2.21. The number of nitrogens with one attached hydrogen (secondary N) is 1. The Morgan fingerprint density at radius 2 is 1.79 bits per heavy atom. The first kappa shape index (κ1) is 19.2. The first-order valence-corrected chi connectivity index (χ1v) is 8.85. The number of nitrogens with zero attached hydrogens (tertiary/aromatic N) is 2. The van der Waals surface area contributed by atoms with Gasteiger partial charge in [-0.1, -0.05) is 37.3 Å². The second-order valence-electron chi connectivity index (χ2n) is 6.00. The molecule has 3 rings (SSSR count). The molecule has 7 nitrogen and oxygen atoms in total. The monoisotopic (exact) mass is 379 g/mol. The third kappa shape index (κ3) is 4.56. The summed E-state index contributed by atoms with van der Waals surface area (Å²) in [6.07, 6.45) is 2.50. The lowest BCUT2D eigenvalue weighted by atomic mass is 10.1. The average molecular weight is 379 g/mol. The van der Waals surface area contributed by atoms with E-state index < -0.39 is 18.5 Å². The van der Waals surface area contributed by atoms with Crippen molar-refractivity contribution in [3.05, 3.63) is 72.1 Å². The SMILES string of the molecule is CCc1ccc(NC(=O)COC(=O)c2nn(-c3ccccc3)cc2OC)cc1. The maximum Gasteiger partial charge on any atom is 0.363 e. The zero-order valence-corrected chi connectivity index (χ0v) is 15.7. The van der Waals surface area contributed by atoms with Crippen molar-refractivity contribution in [2.24, 2.45) is 0 Å². The number of hydrogen-bond acceptors (Lipinski definition) is 5. The Morgan fingerprint density at radius 1 is 1.07 bits per heavy atom. The van der Waals surface area contributed by atoms with Crippen LogP contribution in [0.3, 0.4) is 0 Å². The van der Waals surface area contributed by atoms with E-state index in [0.717, 1.165) is 12.1 Å². The lowest BCUT2D eigenvalue weighted by molar-refractivity contribution is -0.119. The predicted molar refractivity (Wildman–Crippen MR) is 105 cm³/mol. The van der Waals surface area contributed by atoms with Crippen LogP contribution in [0.2, 0.25) is 0 Å². The number of amides is 1. The van der Waals surface area contributed by atoms with E-state index in [-0.39, 0.29) is 11.4 Å². The van der Waals surface area contributed by atoms with Gasteiger partial charge in [-0.3, -0.25) is 4.79 Å². The molecule has 1 N–H and O–H groups in total. The Bertz CT molecular complexity index is 950. The van der Waals surface area contributed by atoms with Crippen LogP contribution in [0.1, 0.15) is 23.0 Å². The van der Waals surface area contributed by atoms with Crippen molar-refractivity contribution >= 4 is 17.6 Å². The number of hydrogen-bond donors (Lipinski definition) is 1. The number of ether oxygens (including phenoxy) is 2. The number of aromatic nitrogens is 2. The Kier molecular flexibility index (Phi) is 6.06. The average Bonchev–Trinajstić information content (AvgIpc) is 3.18. The molecule has 0 saturated carbocycles. The molecule has 3 aromatic rings. The van der Waals surface area contributed by atoms with Gasteiger partial charge in [0.2, 0.25) is 5.69 Å². The molecule has 0 aliphatic heterocycles. The zero-order valence-electron chi connectivity index (χ0n) is 15.7. The van der Waals surface area contributed by atoms with E-state index in [2.05, 4.69) is 17.3 Å². The van der Waals surface area contributed by atoms with Crippen molar-refractivity contribution in [1.82, 2.24) is 9.78 Å². The molecular weight excluding hydrogens is 358 g/mol. The van der Waals surface area contributed by atoms with E-state index in [1.165, 1.54) is 17.4 Å². The van der Waals surface area contributed by atoms with Crippen molar-refractivity contribution in [3.8, 4) is 11.4 Å². The number of aryl methyl sites for hydroxylation is 1. The molecule has 0 aliphatic carbocycles. The van der Waals surface area contributed by atoms with Gasteiger partial charge in [0.25, 0.3) is 5.91 Å². The van der Waals surface area contributed by atoms with Gasteiger partial charge >= 0.3 is 5.97 Å². The van der Waals surface area contributed by atoms with Gasteiger partial charge in [0.1, 0.15) is 0 Å². The van der Waals surface area contributed by atoms with Crippen LogP contribution in [0.4, 0.5) is 5.69 Å². The first-order chi connectivity index (χ1) is 13.6. The number of carbonyl (C=O) groups is 2. The Hall–Kier alpha value is -3.61. The molecule has 1 aromatic heterocycles. The minimum absolute atomic E-state index is 0.00597. The second kappa shape index (κ2) is 8.85. The maximum atomic E-state index is 12.4. The zero-order chi connectivity index (χ0) is 19.9. The summed E-state index contributed by atoms with van der Waals surface area (Å²) in [5, 5.41) is 6.90. The summed E-state index contributed by atoms with van der Waals surface area (Å²) < 4.78 is 11.8. The van der Waals surface area contributed by atoms with Gasteiger partial charge in [0.05, 0.1) is 19.0 Å². The smallest absolute Gasteiger partial charge is 0.363 e. The molecule has 0 fully saturated rings. The summed E-state index contributed by atoms with van der Waals surface area (Å²) in [7, 11) is 1.44. The van der Waals surface area contributed by atoms with Gasteiger partial charge in [0, 0.05) is 5.69 Å². The number of para-hydroxylation sites is 1. The Labute approximate surface area is 162 Å². The van der Waals surface area contributed by atoms with Gasteiger partial charge in [-0.05, 0) is 36.2 Å². The topological polar surface area (TPSA) is 82.5 Å². The van der Waals surface area contributed by atoms with Crippen LogP contribution in [0, 0.1) is 0 Å². The van der Waals surface area contributed by atoms with Crippen molar-refractivity contribution in [2.45, 2.75) is 13.3 Å². The largest absolute Gasteiger partial charge is 0.493 e. The number of anilines is 1. The number of benzene rings is 2.